The molecule has 1 atom stereocenters. The standard InChI is InChI=1S/C28H27FN4O3/c1-28(2,36)13-11-18-7-8-20-9-10-22(27(35)33(3)24(20)17-18)32-26(34)23-16-19(12-14-30-23)15-21-5-4-6-25(29)31-21/h4-8,12,14,16-17,22,36H,9-10,15H2,1-3H3,(H,32,34)/t22-/m0/s1. The predicted octanol–water partition coefficient (Wildman–Crippen LogP) is 3.04. The number of likely N-dealkylation sites (N-methyl/N-ethyl adjacent to an activating group) is 1. The van der Waals surface area contributed by atoms with E-state index in [1.807, 2.05) is 18.2 Å². The summed E-state index contributed by atoms with van der Waals surface area (Å²) < 4.78 is 13.4. The van der Waals surface area contributed by atoms with Gasteiger partial charge in [-0.05, 0) is 74.2 Å². The van der Waals surface area contributed by atoms with Crippen LogP contribution in [0.4, 0.5) is 10.1 Å². The molecule has 8 heteroatoms. The molecule has 0 radical (unpaired) electrons. The quantitative estimate of drug-likeness (QED) is 0.437. The van der Waals surface area contributed by atoms with Gasteiger partial charge in [0.1, 0.15) is 17.3 Å². The van der Waals surface area contributed by atoms with Gasteiger partial charge in [-0.2, -0.15) is 4.39 Å². The van der Waals surface area contributed by atoms with Crippen LogP contribution in [0.15, 0.2) is 54.7 Å². The van der Waals surface area contributed by atoms with Crippen LogP contribution in [0.1, 0.15) is 53.1 Å². The highest BCUT2D eigenvalue weighted by molar-refractivity contribution is 6.02. The average Bonchev–Trinajstić information content (AvgIpc) is 2.94. The normalized spacial score (nSPS) is 15.4. The van der Waals surface area contributed by atoms with E-state index in [0.29, 0.717) is 30.5 Å². The number of nitrogens with one attached hydrogen (secondary N) is 1. The number of amides is 2. The number of carbonyl (C=O) groups is 2. The molecule has 0 unspecified atom stereocenters. The third-order valence-electron chi connectivity index (χ3n) is 5.81. The van der Waals surface area contributed by atoms with Crippen molar-refractivity contribution in [3.63, 3.8) is 0 Å². The Bertz CT molecular complexity index is 1370. The van der Waals surface area contributed by atoms with Crippen LogP contribution in [0.5, 0.6) is 0 Å². The summed E-state index contributed by atoms with van der Waals surface area (Å²) in [5.41, 5.74) is 2.73. The summed E-state index contributed by atoms with van der Waals surface area (Å²) in [5, 5.41) is 12.7. The highest BCUT2D eigenvalue weighted by Crippen LogP contribution is 2.27. The Balaban J connectivity index is 1.48. The van der Waals surface area contributed by atoms with Crippen LogP contribution in [0.2, 0.25) is 0 Å². The number of benzene rings is 1. The molecule has 3 heterocycles. The van der Waals surface area contributed by atoms with E-state index in [9.17, 15) is 19.1 Å². The molecule has 1 aliphatic heterocycles. The molecular formula is C28H27FN4O3. The lowest BCUT2D eigenvalue weighted by molar-refractivity contribution is -0.120. The van der Waals surface area contributed by atoms with Crippen LogP contribution < -0.4 is 10.2 Å². The van der Waals surface area contributed by atoms with Gasteiger partial charge in [-0.15, -0.1) is 0 Å². The third kappa shape index (κ3) is 6.12. The molecule has 7 nitrogen and oxygen atoms in total. The Labute approximate surface area is 209 Å². The fraction of sp³-hybridized carbons (Fsp3) is 0.286. The van der Waals surface area contributed by atoms with Crippen molar-refractivity contribution in [2.75, 3.05) is 11.9 Å². The smallest absolute Gasteiger partial charge is 0.270 e. The Morgan fingerprint density at radius 3 is 2.81 bits per heavy atom. The summed E-state index contributed by atoms with van der Waals surface area (Å²) in [6, 6.07) is 12.8. The molecule has 2 amide bonds. The number of nitrogens with zero attached hydrogens (tertiary/aromatic N) is 3. The molecule has 0 saturated heterocycles. The molecule has 3 aromatic rings. The molecule has 184 valence electrons. The second kappa shape index (κ2) is 10.3. The van der Waals surface area contributed by atoms with Crippen molar-refractivity contribution in [1.82, 2.24) is 15.3 Å². The number of carbonyl (C=O) groups excluding carboxylic acids is 2. The first-order valence-electron chi connectivity index (χ1n) is 11.6. The number of hydrogen-bond donors (Lipinski definition) is 2. The van der Waals surface area contributed by atoms with Crippen molar-refractivity contribution < 1.29 is 19.1 Å². The second-order valence-electron chi connectivity index (χ2n) is 9.29. The van der Waals surface area contributed by atoms with E-state index in [2.05, 4.69) is 27.1 Å². The molecule has 4 rings (SSSR count). The van der Waals surface area contributed by atoms with Crippen molar-refractivity contribution in [3.05, 3.63) is 88.8 Å². The Morgan fingerprint density at radius 1 is 1.25 bits per heavy atom. The van der Waals surface area contributed by atoms with Gasteiger partial charge in [0.05, 0.1) is 0 Å². The van der Waals surface area contributed by atoms with Gasteiger partial charge in [-0.1, -0.05) is 24.0 Å². The molecule has 2 aromatic heterocycles. The minimum atomic E-state index is -1.12. The van der Waals surface area contributed by atoms with E-state index in [-0.39, 0.29) is 11.6 Å². The Kier molecular flexibility index (Phi) is 7.13. The largest absolute Gasteiger partial charge is 0.378 e. The van der Waals surface area contributed by atoms with E-state index in [4.69, 9.17) is 0 Å². The van der Waals surface area contributed by atoms with E-state index in [1.165, 1.54) is 17.2 Å². The van der Waals surface area contributed by atoms with Crippen molar-refractivity contribution >= 4 is 17.5 Å². The molecular weight excluding hydrogens is 459 g/mol. The highest BCUT2D eigenvalue weighted by Gasteiger charge is 2.30. The molecule has 36 heavy (non-hydrogen) atoms. The van der Waals surface area contributed by atoms with E-state index in [1.54, 1.807) is 45.2 Å². The number of aliphatic hydroxyl groups is 1. The second-order valence-corrected chi connectivity index (χ2v) is 9.29. The van der Waals surface area contributed by atoms with Crippen molar-refractivity contribution in [1.29, 1.82) is 0 Å². The minimum Gasteiger partial charge on any atom is -0.378 e. The van der Waals surface area contributed by atoms with Crippen LogP contribution in [0.3, 0.4) is 0 Å². The SMILES string of the molecule is CN1C(=O)[C@@H](NC(=O)c2cc(Cc3cccc(F)n3)ccn2)CCc2ccc(C#CC(C)(C)O)cc21. The van der Waals surface area contributed by atoms with Gasteiger partial charge >= 0.3 is 0 Å². The summed E-state index contributed by atoms with van der Waals surface area (Å²) >= 11 is 0. The molecule has 2 N–H and O–H groups in total. The molecule has 1 aliphatic rings. The molecule has 0 aliphatic carbocycles. The van der Waals surface area contributed by atoms with Crippen LogP contribution in [0, 0.1) is 17.8 Å². The number of halogens is 1. The first-order chi connectivity index (χ1) is 17.1. The van der Waals surface area contributed by atoms with E-state index in [0.717, 1.165) is 16.8 Å². The van der Waals surface area contributed by atoms with E-state index >= 15 is 0 Å². The number of aryl methyl sites for hydroxylation is 1. The van der Waals surface area contributed by atoms with Crippen LogP contribution in [-0.2, 0) is 17.6 Å². The lowest BCUT2D eigenvalue weighted by atomic mass is 10.0. The van der Waals surface area contributed by atoms with Crippen LogP contribution in [-0.4, -0.2) is 45.6 Å². The lowest BCUT2D eigenvalue weighted by Crippen LogP contribution is -2.47. The van der Waals surface area contributed by atoms with Crippen LogP contribution in [0.25, 0.3) is 0 Å². The summed E-state index contributed by atoms with van der Waals surface area (Å²) in [5.74, 6) is 4.45. The molecule has 1 aromatic carbocycles. The van der Waals surface area contributed by atoms with Gasteiger partial charge in [0.25, 0.3) is 5.91 Å². The number of aromatic nitrogens is 2. The van der Waals surface area contributed by atoms with Crippen molar-refractivity contribution in [2.24, 2.45) is 0 Å². The van der Waals surface area contributed by atoms with E-state index < -0.39 is 23.5 Å². The fourth-order valence-electron chi connectivity index (χ4n) is 4.00. The topological polar surface area (TPSA) is 95.4 Å². The number of fused-ring (bicyclic) bond motifs is 1. The Morgan fingerprint density at radius 2 is 2.06 bits per heavy atom. The van der Waals surface area contributed by atoms with Gasteiger partial charge in [0, 0.05) is 36.6 Å². The highest BCUT2D eigenvalue weighted by atomic mass is 19.1. The van der Waals surface area contributed by atoms with Gasteiger partial charge < -0.3 is 15.3 Å². The first-order valence-corrected chi connectivity index (χ1v) is 11.6. The first kappa shape index (κ1) is 25.0. The molecule has 0 bridgehead atoms. The van der Waals surface area contributed by atoms with Crippen molar-refractivity contribution in [2.45, 2.75) is 44.8 Å². The summed E-state index contributed by atoms with van der Waals surface area (Å²) in [6.07, 6.45) is 2.88. The molecule has 0 saturated carbocycles. The zero-order valence-corrected chi connectivity index (χ0v) is 20.4. The predicted molar refractivity (Wildman–Crippen MR) is 134 cm³/mol. The zero-order valence-electron chi connectivity index (χ0n) is 20.4. The molecule has 0 spiro atoms. The van der Waals surface area contributed by atoms with Gasteiger partial charge in [0.15, 0.2) is 0 Å². The van der Waals surface area contributed by atoms with Crippen LogP contribution >= 0.6 is 0 Å². The number of rotatable bonds is 4. The van der Waals surface area contributed by atoms with Gasteiger partial charge in [-0.3, -0.25) is 14.6 Å². The minimum absolute atomic E-state index is 0.172. The maximum absolute atomic E-state index is 13.4. The average molecular weight is 487 g/mol. The maximum atomic E-state index is 13.4. The summed E-state index contributed by atoms with van der Waals surface area (Å²) in [6.45, 7) is 3.21. The fourth-order valence-corrected chi connectivity index (χ4v) is 4.00. The maximum Gasteiger partial charge on any atom is 0.270 e. The zero-order chi connectivity index (χ0) is 25.9. The summed E-state index contributed by atoms with van der Waals surface area (Å²) in [7, 11) is 1.67. The Hall–Kier alpha value is -4.09. The third-order valence-corrected chi connectivity index (χ3v) is 5.81. The number of anilines is 1. The number of pyridine rings is 2. The van der Waals surface area contributed by atoms with Gasteiger partial charge in [-0.25, -0.2) is 4.98 Å². The monoisotopic (exact) mass is 486 g/mol. The lowest BCUT2D eigenvalue weighted by Gasteiger charge is -2.22. The molecule has 0 fully saturated rings. The van der Waals surface area contributed by atoms with Gasteiger partial charge in [0.2, 0.25) is 11.9 Å². The van der Waals surface area contributed by atoms with Crippen molar-refractivity contribution in [3.8, 4) is 11.8 Å². The summed E-state index contributed by atoms with van der Waals surface area (Å²) in [4.78, 5) is 35.7. The number of hydrogen-bond acceptors (Lipinski definition) is 5.